The number of carbonyl (C=O) groups excluding carboxylic acids is 1. The minimum atomic E-state index is -0.284. The van der Waals surface area contributed by atoms with E-state index in [2.05, 4.69) is 11.4 Å². The van der Waals surface area contributed by atoms with E-state index in [-0.39, 0.29) is 11.7 Å². The van der Waals surface area contributed by atoms with Crippen LogP contribution in [0.5, 0.6) is 5.75 Å². The Kier molecular flexibility index (Phi) is 4.27. The van der Waals surface area contributed by atoms with Crippen LogP contribution in [0.15, 0.2) is 35.9 Å². The predicted molar refractivity (Wildman–Crippen MR) is 101 cm³/mol. The summed E-state index contributed by atoms with van der Waals surface area (Å²) in [5, 5.41) is 2.89. The topological polar surface area (TPSA) is 38.3 Å². The van der Waals surface area contributed by atoms with Gasteiger partial charge in [0.1, 0.15) is 11.6 Å². The summed E-state index contributed by atoms with van der Waals surface area (Å²) >= 11 is 0. The summed E-state index contributed by atoms with van der Waals surface area (Å²) in [6.07, 6.45) is 2.54. The van der Waals surface area contributed by atoms with E-state index < -0.39 is 0 Å². The number of piperidine rings is 1. The van der Waals surface area contributed by atoms with Gasteiger partial charge in [0.05, 0.1) is 6.61 Å². The Morgan fingerprint density at radius 3 is 2.85 bits per heavy atom. The number of amides is 1. The van der Waals surface area contributed by atoms with Crippen molar-refractivity contribution in [1.29, 1.82) is 0 Å². The van der Waals surface area contributed by atoms with Crippen LogP contribution in [0, 0.1) is 12.7 Å². The zero-order valence-corrected chi connectivity index (χ0v) is 15.1. The molecule has 0 spiro atoms. The van der Waals surface area contributed by atoms with Crippen LogP contribution in [-0.2, 0) is 11.2 Å². The van der Waals surface area contributed by atoms with Crippen molar-refractivity contribution in [3.05, 3.63) is 58.4 Å². The highest BCUT2D eigenvalue weighted by molar-refractivity contribution is 6.02. The van der Waals surface area contributed by atoms with Crippen molar-refractivity contribution in [2.75, 3.05) is 13.2 Å². The second kappa shape index (κ2) is 6.60. The first-order chi connectivity index (χ1) is 12.5. The van der Waals surface area contributed by atoms with E-state index in [1.807, 2.05) is 26.0 Å². The lowest BCUT2D eigenvalue weighted by Crippen LogP contribution is -2.31. The van der Waals surface area contributed by atoms with Crippen molar-refractivity contribution in [3.8, 4) is 16.9 Å². The first kappa shape index (κ1) is 16.8. The highest BCUT2D eigenvalue weighted by Crippen LogP contribution is 2.36. The molecule has 134 valence electrons. The summed E-state index contributed by atoms with van der Waals surface area (Å²) in [5.74, 6) is 0.599. The first-order valence-corrected chi connectivity index (χ1v) is 9.09. The molecule has 1 N–H and O–H groups in total. The minimum Gasteiger partial charge on any atom is -0.493 e. The molecule has 0 bridgehead atoms. The number of rotatable bonds is 2. The normalized spacial score (nSPS) is 18.2. The smallest absolute Gasteiger partial charge is 0.247 e. The SMILES string of the molecule is C/C(=C1/CCCNC1=O)c1cc(F)cc(-c2ccc3c(c2)CCO3)c1C. The van der Waals surface area contributed by atoms with Gasteiger partial charge in [0.25, 0.3) is 0 Å². The van der Waals surface area contributed by atoms with Gasteiger partial charge in [0.15, 0.2) is 0 Å². The molecule has 0 radical (unpaired) electrons. The van der Waals surface area contributed by atoms with Gasteiger partial charge in [-0.3, -0.25) is 4.79 Å². The Morgan fingerprint density at radius 2 is 2.04 bits per heavy atom. The third kappa shape index (κ3) is 2.90. The predicted octanol–water partition coefficient (Wildman–Crippen LogP) is 4.42. The van der Waals surface area contributed by atoms with Gasteiger partial charge >= 0.3 is 0 Å². The molecule has 0 unspecified atom stereocenters. The molecule has 1 amide bonds. The fraction of sp³-hybridized carbons (Fsp3) is 0.318. The molecule has 3 nitrogen and oxygen atoms in total. The molecular weight excluding hydrogens is 329 g/mol. The zero-order chi connectivity index (χ0) is 18.3. The Morgan fingerprint density at radius 1 is 1.19 bits per heavy atom. The molecular formula is C22H22FNO2. The van der Waals surface area contributed by atoms with E-state index in [0.29, 0.717) is 13.2 Å². The van der Waals surface area contributed by atoms with Gasteiger partial charge in [0, 0.05) is 18.5 Å². The van der Waals surface area contributed by atoms with E-state index in [0.717, 1.165) is 64.0 Å². The van der Waals surface area contributed by atoms with E-state index in [4.69, 9.17) is 4.74 Å². The van der Waals surface area contributed by atoms with Crippen molar-refractivity contribution < 1.29 is 13.9 Å². The van der Waals surface area contributed by atoms with Crippen molar-refractivity contribution >= 4 is 11.5 Å². The summed E-state index contributed by atoms with van der Waals surface area (Å²) in [4.78, 5) is 12.2. The van der Waals surface area contributed by atoms with Crippen molar-refractivity contribution in [2.45, 2.75) is 33.1 Å². The summed E-state index contributed by atoms with van der Waals surface area (Å²) in [5.41, 5.74) is 6.44. The monoisotopic (exact) mass is 351 g/mol. The van der Waals surface area contributed by atoms with Crippen LogP contribution in [-0.4, -0.2) is 19.1 Å². The quantitative estimate of drug-likeness (QED) is 0.814. The van der Waals surface area contributed by atoms with Crippen LogP contribution in [0.25, 0.3) is 16.7 Å². The van der Waals surface area contributed by atoms with Crippen LogP contribution >= 0.6 is 0 Å². The van der Waals surface area contributed by atoms with Gasteiger partial charge in [-0.25, -0.2) is 4.39 Å². The molecule has 2 aliphatic heterocycles. The maximum absolute atomic E-state index is 14.4. The summed E-state index contributed by atoms with van der Waals surface area (Å²) in [7, 11) is 0. The lowest BCUT2D eigenvalue weighted by atomic mass is 9.88. The van der Waals surface area contributed by atoms with Crippen LogP contribution in [0.2, 0.25) is 0 Å². The van der Waals surface area contributed by atoms with Crippen LogP contribution in [0.4, 0.5) is 4.39 Å². The number of allylic oxidation sites excluding steroid dienone is 1. The number of halogens is 1. The molecule has 2 aromatic carbocycles. The van der Waals surface area contributed by atoms with Gasteiger partial charge in [-0.05, 0) is 84.3 Å². The molecule has 2 aromatic rings. The van der Waals surface area contributed by atoms with Crippen LogP contribution in [0.3, 0.4) is 0 Å². The van der Waals surface area contributed by atoms with Gasteiger partial charge < -0.3 is 10.1 Å². The van der Waals surface area contributed by atoms with Crippen molar-refractivity contribution in [3.63, 3.8) is 0 Å². The fourth-order valence-corrected chi connectivity index (χ4v) is 3.93. The second-order valence-electron chi connectivity index (χ2n) is 7.01. The Labute approximate surface area is 152 Å². The molecule has 4 heteroatoms. The maximum Gasteiger partial charge on any atom is 0.247 e. The molecule has 0 atom stereocenters. The molecule has 4 rings (SSSR count). The van der Waals surface area contributed by atoms with E-state index in [1.165, 1.54) is 0 Å². The molecule has 2 heterocycles. The standard InChI is InChI=1S/C22H22FNO2/c1-13(18-4-3-8-24-22(18)25)19-11-17(23)12-20(14(19)2)15-5-6-21-16(10-15)7-9-26-21/h5-6,10-12H,3-4,7-9H2,1-2H3,(H,24,25)/b18-13+. The molecule has 1 fully saturated rings. The van der Waals surface area contributed by atoms with Gasteiger partial charge in [-0.15, -0.1) is 0 Å². The largest absolute Gasteiger partial charge is 0.493 e. The highest BCUT2D eigenvalue weighted by atomic mass is 19.1. The van der Waals surface area contributed by atoms with Crippen LogP contribution < -0.4 is 10.1 Å². The first-order valence-electron chi connectivity index (χ1n) is 9.09. The second-order valence-corrected chi connectivity index (χ2v) is 7.01. The number of fused-ring (bicyclic) bond motifs is 1. The molecule has 0 saturated carbocycles. The number of carbonyl (C=O) groups is 1. The molecule has 1 saturated heterocycles. The van der Waals surface area contributed by atoms with Crippen molar-refractivity contribution in [1.82, 2.24) is 5.32 Å². The number of ether oxygens (including phenoxy) is 1. The molecule has 0 aromatic heterocycles. The summed E-state index contributed by atoms with van der Waals surface area (Å²) in [6.45, 7) is 5.33. The molecule has 26 heavy (non-hydrogen) atoms. The lowest BCUT2D eigenvalue weighted by Gasteiger charge is -2.20. The third-order valence-electron chi connectivity index (χ3n) is 5.39. The van der Waals surface area contributed by atoms with Gasteiger partial charge in [-0.2, -0.15) is 0 Å². The Bertz CT molecular complexity index is 930. The van der Waals surface area contributed by atoms with Crippen molar-refractivity contribution in [2.24, 2.45) is 0 Å². The number of hydrogen-bond acceptors (Lipinski definition) is 2. The minimum absolute atomic E-state index is 0.0337. The van der Waals surface area contributed by atoms with Gasteiger partial charge in [-0.1, -0.05) is 6.07 Å². The van der Waals surface area contributed by atoms with E-state index in [1.54, 1.807) is 12.1 Å². The number of nitrogens with one attached hydrogen (secondary N) is 1. The highest BCUT2D eigenvalue weighted by Gasteiger charge is 2.21. The third-order valence-corrected chi connectivity index (χ3v) is 5.39. The Hall–Kier alpha value is -2.62. The zero-order valence-electron chi connectivity index (χ0n) is 15.1. The van der Waals surface area contributed by atoms with Crippen LogP contribution in [0.1, 0.15) is 36.5 Å². The van der Waals surface area contributed by atoms with E-state index in [9.17, 15) is 9.18 Å². The number of hydrogen-bond donors (Lipinski definition) is 1. The van der Waals surface area contributed by atoms with Gasteiger partial charge in [0.2, 0.25) is 5.91 Å². The number of benzene rings is 2. The summed E-state index contributed by atoms with van der Waals surface area (Å²) in [6, 6.07) is 9.14. The average Bonchev–Trinajstić information content (AvgIpc) is 3.11. The maximum atomic E-state index is 14.4. The molecule has 0 aliphatic carbocycles. The average molecular weight is 351 g/mol. The fourth-order valence-electron chi connectivity index (χ4n) is 3.93. The molecule has 2 aliphatic rings. The lowest BCUT2D eigenvalue weighted by molar-refractivity contribution is -0.118. The summed E-state index contributed by atoms with van der Waals surface area (Å²) < 4.78 is 20.0. The Balaban J connectivity index is 1.83. The van der Waals surface area contributed by atoms with E-state index >= 15 is 0 Å².